The minimum Gasteiger partial charge on any atom is -0.357 e. The van der Waals surface area contributed by atoms with Gasteiger partial charge in [0.15, 0.2) is 5.96 Å². The summed E-state index contributed by atoms with van der Waals surface area (Å²) < 4.78 is 0. The van der Waals surface area contributed by atoms with Crippen LogP contribution in [0.15, 0.2) is 29.3 Å². The van der Waals surface area contributed by atoms with Crippen molar-refractivity contribution in [2.45, 2.75) is 51.7 Å². The Hall–Kier alpha value is -1.69. The van der Waals surface area contributed by atoms with Crippen LogP contribution in [0.25, 0.3) is 0 Å². The number of benzene rings is 1. The Labute approximate surface area is 161 Å². The van der Waals surface area contributed by atoms with Crippen LogP contribution in [-0.2, 0) is 17.9 Å². The minimum absolute atomic E-state index is 0.234. The maximum absolute atomic E-state index is 12.4. The van der Waals surface area contributed by atoms with E-state index in [1.807, 2.05) is 28.8 Å². The highest BCUT2D eigenvalue weighted by Crippen LogP contribution is 2.23. The van der Waals surface area contributed by atoms with Gasteiger partial charge >= 0.3 is 0 Å². The van der Waals surface area contributed by atoms with Gasteiger partial charge in [0.2, 0.25) is 5.91 Å². The highest BCUT2D eigenvalue weighted by Gasteiger charge is 2.22. The molecule has 3 rings (SSSR count). The first kappa shape index (κ1) is 19.1. The van der Waals surface area contributed by atoms with E-state index in [4.69, 9.17) is 0 Å². The number of rotatable bonds is 6. The lowest BCUT2D eigenvalue weighted by Gasteiger charge is -2.24. The fraction of sp³-hybridized carbons (Fsp3) is 0.600. The molecule has 2 aliphatic rings. The number of guanidine groups is 1. The largest absolute Gasteiger partial charge is 0.357 e. The number of thioether (sulfide) groups is 1. The van der Waals surface area contributed by atoms with Crippen LogP contribution in [0.3, 0.4) is 0 Å². The first-order chi connectivity index (χ1) is 12.8. The van der Waals surface area contributed by atoms with Gasteiger partial charge in [0.25, 0.3) is 0 Å². The smallest absolute Gasteiger partial charge is 0.223 e. The minimum atomic E-state index is 0.234. The number of aliphatic imine (C=N–C) groups is 1. The van der Waals surface area contributed by atoms with Crippen LogP contribution >= 0.6 is 11.8 Å². The summed E-state index contributed by atoms with van der Waals surface area (Å²) >= 11 is 2.01. The van der Waals surface area contributed by atoms with Crippen molar-refractivity contribution in [3.8, 4) is 0 Å². The first-order valence-corrected chi connectivity index (χ1v) is 10.9. The van der Waals surface area contributed by atoms with Crippen molar-refractivity contribution < 1.29 is 4.79 Å². The van der Waals surface area contributed by atoms with Gasteiger partial charge in [0.1, 0.15) is 0 Å². The molecule has 1 fully saturated rings. The second-order valence-electron chi connectivity index (χ2n) is 6.94. The zero-order valence-corrected chi connectivity index (χ0v) is 16.5. The molecule has 1 aromatic rings. The lowest BCUT2D eigenvalue weighted by molar-refractivity contribution is -0.131. The second-order valence-corrected chi connectivity index (χ2v) is 8.09. The number of nitrogens with one attached hydrogen (secondary N) is 2. The van der Waals surface area contributed by atoms with Crippen molar-refractivity contribution in [2.75, 3.05) is 24.6 Å². The van der Waals surface area contributed by atoms with Gasteiger partial charge in [-0.25, -0.2) is 0 Å². The molecular weight excluding hydrogens is 344 g/mol. The number of amides is 1. The molecule has 1 amide bonds. The van der Waals surface area contributed by atoms with Crippen molar-refractivity contribution >= 4 is 23.6 Å². The quantitative estimate of drug-likeness (QED) is 0.457. The molecule has 2 heterocycles. The number of hydrogen-bond donors (Lipinski definition) is 2. The van der Waals surface area contributed by atoms with Crippen molar-refractivity contribution in [1.29, 1.82) is 0 Å². The van der Waals surface area contributed by atoms with Crippen LogP contribution in [-0.4, -0.2) is 47.4 Å². The second kappa shape index (κ2) is 9.86. The monoisotopic (exact) mass is 374 g/mol. The van der Waals surface area contributed by atoms with E-state index >= 15 is 0 Å². The molecular formula is C20H30N4OS. The molecule has 0 radical (unpaired) electrons. The standard InChI is InChI=1S/C20H30N4OS/c1-2-21-20(23-18-9-6-12-26-15-18)22-11-5-10-19(25)24-13-16-7-3-4-8-17(16)14-24/h3-4,7-8,18H,2,5-6,9-15H2,1H3,(H2,21,22,23). The van der Waals surface area contributed by atoms with E-state index in [0.29, 0.717) is 19.0 Å². The third-order valence-corrected chi connectivity index (χ3v) is 6.07. The zero-order chi connectivity index (χ0) is 18.2. The Morgan fingerprint density at radius 2 is 2.08 bits per heavy atom. The molecule has 1 aromatic carbocycles. The Balaban J connectivity index is 1.41. The van der Waals surface area contributed by atoms with E-state index < -0.39 is 0 Å². The summed E-state index contributed by atoms with van der Waals surface area (Å²) in [7, 11) is 0. The van der Waals surface area contributed by atoms with Crippen molar-refractivity contribution in [3.05, 3.63) is 35.4 Å². The lowest BCUT2D eigenvalue weighted by Crippen LogP contribution is -2.45. The van der Waals surface area contributed by atoms with Crippen LogP contribution < -0.4 is 10.6 Å². The average Bonchev–Trinajstić information content (AvgIpc) is 3.10. The van der Waals surface area contributed by atoms with Crippen LogP contribution in [0.2, 0.25) is 0 Å². The fourth-order valence-corrected chi connectivity index (χ4v) is 4.53. The van der Waals surface area contributed by atoms with Crippen molar-refractivity contribution in [1.82, 2.24) is 15.5 Å². The van der Waals surface area contributed by atoms with Gasteiger partial charge in [-0.15, -0.1) is 0 Å². The van der Waals surface area contributed by atoms with E-state index in [0.717, 1.165) is 37.8 Å². The summed E-state index contributed by atoms with van der Waals surface area (Å²) in [4.78, 5) is 19.1. The molecule has 6 heteroatoms. The number of nitrogens with zero attached hydrogens (tertiary/aromatic N) is 2. The molecule has 0 aromatic heterocycles. The molecule has 0 bridgehead atoms. The summed E-state index contributed by atoms with van der Waals surface area (Å²) in [5.41, 5.74) is 2.56. The summed E-state index contributed by atoms with van der Waals surface area (Å²) in [6, 6.07) is 8.83. The van der Waals surface area contributed by atoms with Crippen LogP contribution in [0.5, 0.6) is 0 Å². The van der Waals surface area contributed by atoms with Gasteiger partial charge in [-0.3, -0.25) is 9.79 Å². The summed E-state index contributed by atoms with van der Waals surface area (Å²) in [5, 5.41) is 6.85. The van der Waals surface area contributed by atoms with E-state index in [2.05, 4.69) is 34.7 Å². The van der Waals surface area contributed by atoms with Crippen LogP contribution in [0.4, 0.5) is 0 Å². The van der Waals surface area contributed by atoms with Crippen LogP contribution in [0.1, 0.15) is 43.7 Å². The highest BCUT2D eigenvalue weighted by atomic mass is 32.2. The highest BCUT2D eigenvalue weighted by molar-refractivity contribution is 7.99. The molecule has 2 N–H and O–H groups in total. The Kier molecular flexibility index (Phi) is 7.23. The first-order valence-electron chi connectivity index (χ1n) is 9.73. The average molecular weight is 375 g/mol. The number of hydrogen-bond acceptors (Lipinski definition) is 3. The molecule has 1 atom stereocenters. The summed E-state index contributed by atoms with van der Waals surface area (Å²) in [6.07, 6.45) is 3.84. The van der Waals surface area contributed by atoms with E-state index in [-0.39, 0.29) is 5.91 Å². The number of carbonyl (C=O) groups is 1. The van der Waals surface area contributed by atoms with Gasteiger partial charge < -0.3 is 15.5 Å². The fourth-order valence-electron chi connectivity index (χ4n) is 3.46. The predicted molar refractivity (Wildman–Crippen MR) is 109 cm³/mol. The molecule has 1 saturated heterocycles. The molecule has 26 heavy (non-hydrogen) atoms. The summed E-state index contributed by atoms with van der Waals surface area (Å²) in [6.45, 7) is 5.13. The van der Waals surface area contributed by atoms with Crippen LogP contribution in [0, 0.1) is 0 Å². The Morgan fingerprint density at radius 1 is 1.31 bits per heavy atom. The number of fused-ring (bicyclic) bond motifs is 1. The molecule has 0 aliphatic carbocycles. The maximum atomic E-state index is 12.4. The SMILES string of the molecule is CCNC(=NCCCC(=O)N1Cc2ccccc2C1)NC1CCCSC1. The molecule has 142 valence electrons. The van der Waals surface area contributed by atoms with Gasteiger partial charge in [-0.1, -0.05) is 24.3 Å². The lowest BCUT2D eigenvalue weighted by atomic mass is 10.1. The third-order valence-electron chi connectivity index (χ3n) is 4.86. The van der Waals surface area contributed by atoms with E-state index in [9.17, 15) is 4.79 Å². The third kappa shape index (κ3) is 5.40. The van der Waals surface area contributed by atoms with Gasteiger partial charge in [0.05, 0.1) is 0 Å². The molecule has 0 spiro atoms. The maximum Gasteiger partial charge on any atom is 0.223 e. The summed E-state index contributed by atoms with van der Waals surface area (Å²) in [5.74, 6) is 3.55. The molecule has 0 saturated carbocycles. The normalized spacial score (nSPS) is 20.0. The van der Waals surface area contributed by atoms with Gasteiger partial charge in [-0.2, -0.15) is 11.8 Å². The molecule has 5 nitrogen and oxygen atoms in total. The topological polar surface area (TPSA) is 56.7 Å². The number of carbonyl (C=O) groups excluding carboxylic acids is 1. The van der Waals surface area contributed by atoms with Gasteiger partial charge in [0, 0.05) is 44.4 Å². The molecule has 1 unspecified atom stereocenters. The van der Waals surface area contributed by atoms with E-state index in [1.54, 1.807) is 0 Å². The van der Waals surface area contributed by atoms with Crippen molar-refractivity contribution in [3.63, 3.8) is 0 Å². The zero-order valence-electron chi connectivity index (χ0n) is 15.7. The molecule has 2 aliphatic heterocycles. The van der Waals surface area contributed by atoms with E-state index in [1.165, 1.54) is 29.7 Å². The Bertz CT molecular complexity index is 603. The predicted octanol–water partition coefficient (Wildman–Crippen LogP) is 2.76. The van der Waals surface area contributed by atoms with Gasteiger partial charge in [-0.05, 0) is 43.1 Å². The Morgan fingerprint density at radius 3 is 2.73 bits per heavy atom. The van der Waals surface area contributed by atoms with Crippen molar-refractivity contribution in [2.24, 2.45) is 4.99 Å².